The molecule has 0 bridgehead atoms. The summed E-state index contributed by atoms with van der Waals surface area (Å²) in [7, 11) is 0. The first-order chi connectivity index (χ1) is 11.9. The van der Waals surface area contributed by atoms with E-state index >= 15 is 0 Å². The van der Waals surface area contributed by atoms with Gasteiger partial charge in [0.15, 0.2) is 0 Å². The van der Waals surface area contributed by atoms with Crippen LogP contribution in [0.2, 0.25) is 15.1 Å². The van der Waals surface area contributed by atoms with Crippen molar-refractivity contribution < 1.29 is 14.3 Å². The number of carbonyl (C=O) groups excluding carboxylic acids is 2. The highest BCUT2D eigenvalue weighted by Crippen LogP contribution is 2.29. The van der Waals surface area contributed by atoms with Gasteiger partial charge in [0.2, 0.25) is 0 Å². The largest absolute Gasteiger partial charge is 0.442 e. The van der Waals surface area contributed by atoms with Crippen LogP contribution in [0.3, 0.4) is 0 Å². The molecule has 1 atom stereocenters. The van der Waals surface area contributed by atoms with Crippen LogP contribution in [0.1, 0.15) is 10.4 Å². The van der Waals surface area contributed by atoms with Gasteiger partial charge in [0, 0.05) is 16.3 Å². The summed E-state index contributed by atoms with van der Waals surface area (Å²) in [6.07, 6.45) is -0.967. The van der Waals surface area contributed by atoms with Crippen molar-refractivity contribution in [2.45, 2.75) is 6.10 Å². The van der Waals surface area contributed by atoms with Gasteiger partial charge in [-0.1, -0.05) is 40.9 Å². The molecule has 1 aliphatic rings. The van der Waals surface area contributed by atoms with E-state index in [-0.39, 0.29) is 12.5 Å². The summed E-state index contributed by atoms with van der Waals surface area (Å²) in [4.78, 5) is 25.6. The van der Waals surface area contributed by atoms with Gasteiger partial charge >= 0.3 is 6.09 Å². The maximum absolute atomic E-state index is 12.1. The number of hydrogen-bond donors (Lipinski definition) is 1. The van der Waals surface area contributed by atoms with E-state index in [1.54, 1.807) is 42.5 Å². The van der Waals surface area contributed by atoms with Crippen molar-refractivity contribution in [2.24, 2.45) is 0 Å². The zero-order valence-corrected chi connectivity index (χ0v) is 15.1. The Kier molecular flexibility index (Phi) is 5.37. The highest BCUT2D eigenvalue weighted by Gasteiger charge is 2.32. The predicted octanol–water partition coefficient (Wildman–Crippen LogP) is 4.40. The molecular formula is C17H13Cl3N2O3. The fourth-order valence-electron chi connectivity index (χ4n) is 2.43. The zero-order chi connectivity index (χ0) is 18.0. The van der Waals surface area contributed by atoms with Crippen LogP contribution < -0.4 is 10.2 Å². The second-order valence-corrected chi connectivity index (χ2v) is 6.69. The third-order valence-electron chi connectivity index (χ3n) is 3.67. The maximum Gasteiger partial charge on any atom is 0.414 e. The minimum atomic E-state index is -0.500. The average molecular weight is 400 g/mol. The number of nitrogens with zero attached hydrogens (tertiary/aromatic N) is 1. The van der Waals surface area contributed by atoms with Gasteiger partial charge in [-0.25, -0.2) is 4.79 Å². The molecule has 25 heavy (non-hydrogen) atoms. The Morgan fingerprint density at radius 3 is 2.68 bits per heavy atom. The molecular weight excluding hydrogens is 387 g/mol. The van der Waals surface area contributed by atoms with E-state index in [2.05, 4.69) is 5.32 Å². The van der Waals surface area contributed by atoms with Crippen molar-refractivity contribution >= 4 is 52.5 Å². The summed E-state index contributed by atoms with van der Waals surface area (Å²) in [5, 5.41) is 3.97. The van der Waals surface area contributed by atoms with E-state index in [0.717, 1.165) is 0 Å². The molecule has 2 aromatic rings. The van der Waals surface area contributed by atoms with Crippen molar-refractivity contribution in [1.29, 1.82) is 0 Å². The SMILES string of the molecule is O=C(NC[C@H]1CN(c2ccc(Cl)c(Cl)c2)C(=O)O1)c1cccc(Cl)c1. The number of rotatable bonds is 4. The Morgan fingerprint density at radius 1 is 1.16 bits per heavy atom. The normalized spacial score (nSPS) is 16.7. The molecule has 130 valence electrons. The maximum atomic E-state index is 12.1. The molecule has 2 aromatic carbocycles. The number of ether oxygens (including phenoxy) is 1. The number of benzene rings is 2. The fraction of sp³-hybridized carbons (Fsp3) is 0.176. The highest BCUT2D eigenvalue weighted by atomic mass is 35.5. The Morgan fingerprint density at radius 2 is 1.96 bits per heavy atom. The van der Waals surface area contributed by atoms with Gasteiger partial charge in [-0.05, 0) is 36.4 Å². The molecule has 0 aromatic heterocycles. The number of anilines is 1. The first kappa shape index (κ1) is 17.9. The quantitative estimate of drug-likeness (QED) is 0.829. The van der Waals surface area contributed by atoms with Crippen LogP contribution in [-0.2, 0) is 4.74 Å². The molecule has 1 aliphatic heterocycles. The number of halogens is 3. The van der Waals surface area contributed by atoms with E-state index in [0.29, 0.717) is 32.9 Å². The van der Waals surface area contributed by atoms with E-state index in [9.17, 15) is 9.59 Å². The minimum Gasteiger partial charge on any atom is -0.442 e. The van der Waals surface area contributed by atoms with Crippen LogP contribution in [0.5, 0.6) is 0 Å². The molecule has 1 saturated heterocycles. The van der Waals surface area contributed by atoms with Crippen molar-refractivity contribution in [2.75, 3.05) is 18.0 Å². The summed E-state index contributed by atoms with van der Waals surface area (Å²) >= 11 is 17.7. The molecule has 3 rings (SSSR count). The van der Waals surface area contributed by atoms with Crippen molar-refractivity contribution in [3.63, 3.8) is 0 Å². The monoisotopic (exact) mass is 398 g/mol. The molecule has 0 aliphatic carbocycles. The Balaban J connectivity index is 1.61. The Bertz CT molecular complexity index is 829. The van der Waals surface area contributed by atoms with Gasteiger partial charge in [-0.15, -0.1) is 0 Å². The summed E-state index contributed by atoms with van der Waals surface area (Å²) < 4.78 is 5.28. The number of amides is 2. The molecule has 0 unspecified atom stereocenters. The molecule has 0 saturated carbocycles. The molecule has 5 nitrogen and oxygen atoms in total. The lowest BCUT2D eigenvalue weighted by atomic mass is 10.2. The highest BCUT2D eigenvalue weighted by molar-refractivity contribution is 6.42. The van der Waals surface area contributed by atoms with Gasteiger partial charge in [0.1, 0.15) is 6.10 Å². The van der Waals surface area contributed by atoms with Crippen molar-refractivity contribution in [3.8, 4) is 0 Å². The van der Waals surface area contributed by atoms with Gasteiger partial charge in [-0.2, -0.15) is 0 Å². The number of hydrogen-bond acceptors (Lipinski definition) is 3. The summed E-state index contributed by atoms with van der Waals surface area (Å²) in [6, 6.07) is 11.5. The third-order valence-corrected chi connectivity index (χ3v) is 4.64. The second kappa shape index (κ2) is 7.52. The van der Waals surface area contributed by atoms with Crippen LogP contribution in [0.4, 0.5) is 10.5 Å². The van der Waals surface area contributed by atoms with Crippen LogP contribution in [-0.4, -0.2) is 31.2 Å². The summed E-state index contributed by atoms with van der Waals surface area (Å²) in [5.74, 6) is -0.286. The van der Waals surface area contributed by atoms with Crippen LogP contribution in [0.15, 0.2) is 42.5 Å². The minimum absolute atomic E-state index is 0.189. The van der Waals surface area contributed by atoms with Gasteiger partial charge < -0.3 is 10.1 Å². The zero-order valence-electron chi connectivity index (χ0n) is 12.8. The van der Waals surface area contributed by atoms with Gasteiger partial charge in [-0.3, -0.25) is 9.69 Å². The number of nitrogens with one attached hydrogen (secondary N) is 1. The van der Waals surface area contributed by atoms with E-state index < -0.39 is 12.2 Å². The second-order valence-electron chi connectivity index (χ2n) is 5.44. The molecule has 8 heteroatoms. The lowest BCUT2D eigenvalue weighted by molar-refractivity contribution is 0.0916. The summed E-state index contributed by atoms with van der Waals surface area (Å²) in [6.45, 7) is 0.488. The van der Waals surface area contributed by atoms with Gasteiger partial charge in [0.05, 0.1) is 23.1 Å². The van der Waals surface area contributed by atoms with E-state index in [4.69, 9.17) is 39.5 Å². The lowest BCUT2D eigenvalue weighted by Crippen LogP contribution is -2.34. The van der Waals surface area contributed by atoms with E-state index in [1.165, 1.54) is 4.90 Å². The smallest absolute Gasteiger partial charge is 0.414 e. The molecule has 1 heterocycles. The molecule has 2 amide bonds. The van der Waals surface area contributed by atoms with E-state index in [1.807, 2.05) is 0 Å². The predicted molar refractivity (Wildman–Crippen MR) is 97.9 cm³/mol. The Hall–Kier alpha value is -1.95. The van der Waals surface area contributed by atoms with Crippen molar-refractivity contribution in [3.05, 3.63) is 63.1 Å². The first-order valence-electron chi connectivity index (χ1n) is 7.41. The fourth-order valence-corrected chi connectivity index (χ4v) is 2.91. The number of carbonyl (C=O) groups is 2. The molecule has 1 fully saturated rings. The van der Waals surface area contributed by atoms with Crippen LogP contribution in [0.25, 0.3) is 0 Å². The molecule has 0 radical (unpaired) electrons. The van der Waals surface area contributed by atoms with Crippen LogP contribution >= 0.6 is 34.8 Å². The lowest BCUT2D eigenvalue weighted by Gasteiger charge is -2.14. The topological polar surface area (TPSA) is 58.6 Å². The first-order valence-corrected chi connectivity index (χ1v) is 8.54. The number of cyclic esters (lactones) is 1. The summed E-state index contributed by atoms with van der Waals surface area (Å²) in [5.41, 5.74) is 1.03. The molecule has 1 N–H and O–H groups in total. The van der Waals surface area contributed by atoms with Crippen LogP contribution in [0, 0.1) is 0 Å². The third kappa shape index (κ3) is 4.18. The van der Waals surface area contributed by atoms with Crippen molar-refractivity contribution in [1.82, 2.24) is 5.32 Å². The Labute approximate surface area is 159 Å². The standard InChI is InChI=1S/C17H13Cl3N2O3/c18-11-3-1-2-10(6-11)16(23)21-8-13-9-22(17(24)25-13)12-4-5-14(19)15(20)7-12/h1-7,13H,8-9H2,(H,21,23)/t13-/m0/s1. The van der Waals surface area contributed by atoms with Gasteiger partial charge in [0.25, 0.3) is 5.91 Å². The molecule has 0 spiro atoms. The average Bonchev–Trinajstić information content (AvgIpc) is 2.96.